The monoisotopic (exact) mass is 280 g/mol. The van der Waals surface area contributed by atoms with Crippen LogP contribution in [0.15, 0.2) is 0 Å². The van der Waals surface area contributed by atoms with Gasteiger partial charge in [-0.25, -0.2) is 4.79 Å². The lowest BCUT2D eigenvalue weighted by molar-refractivity contribution is -0.142. The number of nitrogens with zero attached hydrogens (tertiary/aromatic N) is 2. The molecule has 2 amide bonds. The minimum atomic E-state index is -0.774. The number of rotatable bonds is 5. The molecule has 2 aliphatic carbocycles. The number of carboxylic acids is 1. The highest BCUT2D eigenvalue weighted by Gasteiger charge is 2.40. The van der Waals surface area contributed by atoms with Gasteiger partial charge in [0.25, 0.3) is 0 Å². The van der Waals surface area contributed by atoms with E-state index in [1.165, 1.54) is 25.7 Å². The minimum absolute atomic E-state index is 0.0557. The summed E-state index contributed by atoms with van der Waals surface area (Å²) in [5.41, 5.74) is 0. The Bertz CT molecular complexity index is 390. The first-order valence-corrected chi connectivity index (χ1v) is 7.81. The predicted octanol–water partition coefficient (Wildman–Crippen LogP) is 1.88. The van der Waals surface area contributed by atoms with Crippen LogP contribution in [-0.4, -0.2) is 53.1 Å². The van der Waals surface area contributed by atoms with Crippen molar-refractivity contribution in [2.24, 2.45) is 23.7 Å². The minimum Gasteiger partial charge on any atom is -0.481 e. The van der Waals surface area contributed by atoms with Gasteiger partial charge in [0.2, 0.25) is 0 Å². The van der Waals surface area contributed by atoms with Gasteiger partial charge in [-0.15, -0.1) is 0 Å². The second-order valence-corrected chi connectivity index (χ2v) is 6.90. The Morgan fingerprint density at radius 2 is 1.65 bits per heavy atom. The van der Waals surface area contributed by atoms with Gasteiger partial charge in [-0.3, -0.25) is 4.79 Å². The molecule has 5 heteroatoms. The SMILES string of the molecule is C[C@@H]1CN(C(=O)N(CC2CC2)CC2CC2)C[C@H]1C(=O)O. The Morgan fingerprint density at radius 3 is 2.05 bits per heavy atom. The van der Waals surface area contributed by atoms with Crippen LogP contribution >= 0.6 is 0 Å². The van der Waals surface area contributed by atoms with E-state index in [2.05, 4.69) is 0 Å². The predicted molar refractivity (Wildman–Crippen MR) is 74.3 cm³/mol. The van der Waals surface area contributed by atoms with Gasteiger partial charge in [-0.1, -0.05) is 6.92 Å². The molecule has 1 saturated heterocycles. The summed E-state index contributed by atoms with van der Waals surface area (Å²) >= 11 is 0. The summed E-state index contributed by atoms with van der Waals surface area (Å²) in [5.74, 6) is 0.257. The normalized spacial score (nSPS) is 29.6. The van der Waals surface area contributed by atoms with Crippen molar-refractivity contribution in [1.82, 2.24) is 9.80 Å². The van der Waals surface area contributed by atoms with Crippen LogP contribution in [0.5, 0.6) is 0 Å². The molecule has 2 saturated carbocycles. The topological polar surface area (TPSA) is 60.9 Å². The van der Waals surface area contributed by atoms with Gasteiger partial charge in [-0.2, -0.15) is 0 Å². The molecule has 1 N–H and O–H groups in total. The molecule has 0 aromatic rings. The van der Waals surface area contributed by atoms with Gasteiger partial charge in [0.1, 0.15) is 0 Å². The highest BCUT2D eigenvalue weighted by atomic mass is 16.4. The molecule has 0 aromatic carbocycles. The second kappa shape index (κ2) is 5.26. The molecular formula is C15H24N2O3. The third-order valence-electron chi connectivity index (χ3n) is 4.82. The number of aliphatic carboxylic acids is 1. The van der Waals surface area contributed by atoms with E-state index in [9.17, 15) is 14.7 Å². The first-order valence-electron chi connectivity index (χ1n) is 7.81. The van der Waals surface area contributed by atoms with Crippen LogP contribution in [0.4, 0.5) is 4.79 Å². The summed E-state index contributed by atoms with van der Waals surface area (Å²) in [6.45, 7) is 4.64. The smallest absolute Gasteiger partial charge is 0.320 e. The largest absolute Gasteiger partial charge is 0.481 e. The van der Waals surface area contributed by atoms with Crippen LogP contribution in [-0.2, 0) is 4.79 Å². The summed E-state index contributed by atoms with van der Waals surface area (Å²) in [5, 5.41) is 9.18. The summed E-state index contributed by atoms with van der Waals surface area (Å²) in [4.78, 5) is 27.6. The van der Waals surface area contributed by atoms with Crippen molar-refractivity contribution in [2.45, 2.75) is 32.6 Å². The second-order valence-electron chi connectivity index (χ2n) is 6.90. The fourth-order valence-electron chi connectivity index (χ4n) is 3.10. The number of hydrogen-bond donors (Lipinski definition) is 1. The lowest BCUT2D eigenvalue weighted by Crippen LogP contribution is -2.44. The zero-order chi connectivity index (χ0) is 14.3. The van der Waals surface area contributed by atoms with Crippen molar-refractivity contribution in [1.29, 1.82) is 0 Å². The number of urea groups is 1. The average molecular weight is 280 g/mol. The van der Waals surface area contributed by atoms with E-state index >= 15 is 0 Å². The number of carbonyl (C=O) groups is 2. The van der Waals surface area contributed by atoms with Crippen molar-refractivity contribution < 1.29 is 14.7 Å². The number of hydrogen-bond acceptors (Lipinski definition) is 2. The molecule has 2 atom stereocenters. The number of carboxylic acid groups (broad SMARTS) is 1. The first-order chi connectivity index (χ1) is 9.54. The Morgan fingerprint density at radius 1 is 1.10 bits per heavy atom. The van der Waals surface area contributed by atoms with E-state index in [-0.39, 0.29) is 11.9 Å². The van der Waals surface area contributed by atoms with Crippen molar-refractivity contribution in [3.8, 4) is 0 Å². The van der Waals surface area contributed by atoms with Gasteiger partial charge in [-0.05, 0) is 43.4 Å². The molecule has 112 valence electrons. The zero-order valence-corrected chi connectivity index (χ0v) is 12.1. The van der Waals surface area contributed by atoms with Crippen LogP contribution < -0.4 is 0 Å². The average Bonchev–Trinajstić information content (AvgIpc) is 3.30. The number of likely N-dealkylation sites (tertiary alicyclic amines) is 1. The summed E-state index contributed by atoms with van der Waals surface area (Å²) in [7, 11) is 0. The van der Waals surface area contributed by atoms with Crippen LogP contribution in [0, 0.1) is 23.7 Å². The van der Waals surface area contributed by atoms with E-state index in [1.54, 1.807) is 4.90 Å². The maximum absolute atomic E-state index is 12.6. The Labute approximate surface area is 119 Å². The molecule has 3 fully saturated rings. The van der Waals surface area contributed by atoms with Crippen molar-refractivity contribution in [3.63, 3.8) is 0 Å². The van der Waals surface area contributed by atoms with Crippen LogP contribution in [0.1, 0.15) is 32.6 Å². The molecule has 0 aromatic heterocycles. The first kappa shape index (κ1) is 13.7. The quantitative estimate of drug-likeness (QED) is 0.836. The van der Waals surface area contributed by atoms with Crippen molar-refractivity contribution >= 4 is 12.0 Å². The van der Waals surface area contributed by atoms with E-state index in [0.29, 0.717) is 24.9 Å². The summed E-state index contributed by atoms with van der Waals surface area (Å²) < 4.78 is 0. The lowest BCUT2D eigenvalue weighted by Gasteiger charge is -2.28. The van der Waals surface area contributed by atoms with Crippen molar-refractivity contribution in [2.75, 3.05) is 26.2 Å². The van der Waals surface area contributed by atoms with Gasteiger partial charge < -0.3 is 14.9 Å². The molecule has 3 rings (SSSR count). The number of amides is 2. The molecule has 0 radical (unpaired) electrons. The molecular weight excluding hydrogens is 256 g/mol. The molecule has 1 heterocycles. The third kappa shape index (κ3) is 3.07. The molecule has 0 bridgehead atoms. The summed E-state index contributed by atoms with van der Waals surface area (Å²) in [6.07, 6.45) is 4.95. The standard InChI is InChI=1S/C15H24N2O3/c1-10-6-16(9-13(10)14(18)19)15(20)17(7-11-2-3-11)8-12-4-5-12/h10-13H,2-9H2,1H3,(H,18,19)/t10-,13-/m1/s1. The molecule has 3 aliphatic rings. The fourth-order valence-corrected chi connectivity index (χ4v) is 3.10. The molecule has 5 nitrogen and oxygen atoms in total. The maximum Gasteiger partial charge on any atom is 0.320 e. The Balaban J connectivity index is 1.61. The molecule has 0 spiro atoms. The van der Waals surface area contributed by atoms with Gasteiger partial charge in [0.15, 0.2) is 0 Å². The summed E-state index contributed by atoms with van der Waals surface area (Å²) in [6, 6.07) is 0.0689. The molecule has 1 aliphatic heterocycles. The van der Waals surface area contributed by atoms with E-state index in [4.69, 9.17) is 0 Å². The van der Waals surface area contributed by atoms with E-state index < -0.39 is 11.9 Å². The van der Waals surface area contributed by atoms with Gasteiger partial charge in [0, 0.05) is 26.2 Å². The molecule has 0 unspecified atom stereocenters. The van der Waals surface area contributed by atoms with Gasteiger partial charge >= 0.3 is 12.0 Å². The third-order valence-corrected chi connectivity index (χ3v) is 4.82. The van der Waals surface area contributed by atoms with E-state index in [1.807, 2.05) is 11.8 Å². The van der Waals surface area contributed by atoms with Crippen LogP contribution in [0.25, 0.3) is 0 Å². The lowest BCUT2D eigenvalue weighted by atomic mass is 9.99. The number of carbonyl (C=O) groups excluding carboxylic acids is 1. The highest BCUT2D eigenvalue weighted by molar-refractivity contribution is 5.78. The van der Waals surface area contributed by atoms with Gasteiger partial charge in [0.05, 0.1) is 5.92 Å². The zero-order valence-electron chi connectivity index (χ0n) is 12.1. The molecule has 20 heavy (non-hydrogen) atoms. The fraction of sp³-hybridized carbons (Fsp3) is 0.867. The maximum atomic E-state index is 12.6. The Kier molecular flexibility index (Phi) is 3.61. The van der Waals surface area contributed by atoms with Crippen molar-refractivity contribution in [3.05, 3.63) is 0 Å². The Hall–Kier alpha value is -1.26. The highest BCUT2D eigenvalue weighted by Crippen LogP contribution is 2.35. The van der Waals surface area contributed by atoms with Crippen LogP contribution in [0.2, 0.25) is 0 Å². The van der Waals surface area contributed by atoms with E-state index in [0.717, 1.165) is 13.1 Å². The van der Waals surface area contributed by atoms with Crippen LogP contribution in [0.3, 0.4) is 0 Å².